The van der Waals surface area contributed by atoms with Gasteiger partial charge in [0.2, 0.25) is 0 Å². The highest BCUT2D eigenvalue weighted by Crippen LogP contribution is 2.29. The van der Waals surface area contributed by atoms with Gasteiger partial charge in [-0.15, -0.1) is 0 Å². The average Bonchev–Trinajstić information content (AvgIpc) is 3.00. The predicted octanol–water partition coefficient (Wildman–Crippen LogP) is 5.37. The van der Waals surface area contributed by atoms with Gasteiger partial charge in [0.05, 0.1) is 15.7 Å². The number of carbonyl (C=O) groups is 2. The molecular formula is C23H16Cl2FN3O2S. The second-order valence-corrected chi connectivity index (χ2v) is 8.40. The molecule has 0 unspecified atom stereocenters. The highest BCUT2D eigenvalue weighted by molar-refractivity contribution is 7.80. The number of nitrogens with zero attached hydrogens (tertiary/aromatic N) is 2. The Kier molecular flexibility index (Phi) is 5.90. The first-order valence-electron chi connectivity index (χ1n) is 9.49. The van der Waals surface area contributed by atoms with Gasteiger partial charge in [-0.05, 0) is 80.2 Å². The SMILES string of the molecule is Cc1cc(/C=C2/C(=O)NC(=S)N(c3cccc(F)c3)C2=O)c(C)n1-c1ccc(Cl)c(Cl)c1. The quantitative estimate of drug-likeness (QED) is 0.307. The fourth-order valence-corrected chi connectivity index (χ4v) is 4.19. The van der Waals surface area contributed by atoms with Gasteiger partial charge in [-0.1, -0.05) is 29.3 Å². The molecule has 1 aliphatic rings. The number of benzene rings is 2. The van der Waals surface area contributed by atoms with Crippen LogP contribution in [-0.4, -0.2) is 21.5 Å². The number of anilines is 1. The van der Waals surface area contributed by atoms with Crippen LogP contribution in [-0.2, 0) is 9.59 Å². The van der Waals surface area contributed by atoms with Gasteiger partial charge in [-0.3, -0.25) is 19.8 Å². The molecule has 0 aliphatic carbocycles. The number of aromatic nitrogens is 1. The van der Waals surface area contributed by atoms with Crippen LogP contribution in [0.25, 0.3) is 11.8 Å². The predicted molar refractivity (Wildman–Crippen MR) is 128 cm³/mol. The van der Waals surface area contributed by atoms with E-state index in [0.29, 0.717) is 15.6 Å². The van der Waals surface area contributed by atoms with Crippen molar-refractivity contribution in [3.63, 3.8) is 0 Å². The Morgan fingerprint density at radius 1 is 1.00 bits per heavy atom. The molecule has 3 aromatic rings. The van der Waals surface area contributed by atoms with Crippen molar-refractivity contribution in [2.24, 2.45) is 0 Å². The van der Waals surface area contributed by atoms with E-state index in [1.807, 2.05) is 30.5 Å². The van der Waals surface area contributed by atoms with E-state index >= 15 is 0 Å². The average molecular weight is 488 g/mol. The van der Waals surface area contributed by atoms with Crippen LogP contribution in [0.2, 0.25) is 10.0 Å². The third kappa shape index (κ3) is 3.95. The highest BCUT2D eigenvalue weighted by atomic mass is 35.5. The van der Waals surface area contributed by atoms with Crippen molar-refractivity contribution < 1.29 is 14.0 Å². The second-order valence-electron chi connectivity index (χ2n) is 7.20. The number of hydrogen-bond donors (Lipinski definition) is 1. The lowest BCUT2D eigenvalue weighted by atomic mass is 10.1. The lowest BCUT2D eigenvalue weighted by Crippen LogP contribution is -2.54. The van der Waals surface area contributed by atoms with Crippen LogP contribution in [0.1, 0.15) is 17.0 Å². The number of amides is 2. The van der Waals surface area contributed by atoms with E-state index in [9.17, 15) is 14.0 Å². The zero-order valence-electron chi connectivity index (χ0n) is 16.9. The Balaban J connectivity index is 1.77. The summed E-state index contributed by atoms with van der Waals surface area (Å²) in [5.74, 6) is -1.78. The molecule has 0 bridgehead atoms. The van der Waals surface area contributed by atoms with Crippen molar-refractivity contribution in [1.29, 1.82) is 0 Å². The number of nitrogens with one attached hydrogen (secondary N) is 1. The van der Waals surface area contributed by atoms with Gasteiger partial charge in [0.25, 0.3) is 11.8 Å². The largest absolute Gasteiger partial charge is 0.318 e. The van der Waals surface area contributed by atoms with Crippen LogP contribution in [0.15, 0.2) is 54.1 Å². The molecule has 32 heavy (non-hydrogen) atoms. The number of aryl methyl sites for hydroxylation is 1. The molecule has 0 atom stereocenters. The number of thiocarbonyl (C=S) groups is 1. The molecule has 0 saturated carbocycles. The molecule has 0 radical (unpaired) electrons. The van der Waals surface area contributed by atoms with Gasteiger partial charge in [0.1, 0.15) is 11.4 Å². The van der Waals surface area contributed by atoms with E-state index in [1.54, 1.807) is 18.2 Å². The first-order chi connectivity index (χ1) is 15.2. The van der Waals surface area contributed by atoms with Crippen LogP contribution >= 0.6 is 35.4 Å². The molecule has 2 aromatic carbocycles. The number of halogens is 3. The summed E-state index contributed by atoms with van der Waals surface area (Å²) in [4.78, 5) is 26.9. The normalized spacial score (nSPS) is 15.5. The van der Waals surface area contributed by atoms with Crippen LogP contribution < -0.4 is 10.2 Å². The molecule has 1 saturated heterocycles. The van der Waals surface area contributed by atoms with Crippen LogP contribution in [0.5, 0.6) is 0 Å². The van der Waals surface area contributed by atoms with Crippen LogP contribution in [0.3, 0.4) is 0 Å². The standard InChI is InChI=1S/C23H16Cl2FN3O2S/c1-12-8-14(13(2)28(12)17-6-7-19(24)20(25)11-17)9-18-21(30)27-23(32)29(22(18)31)16-5-3-4-15(26)10-16/h3-11H,1-2H3,(H,27,30,32)/b18-9-. The molecule has 1 aliphatic heterocycles. The molecule has 4 rings (SSSR count). The maximum atomic E-state index is 13.7. The summed E-state index contributed by atoms with van der Waals surface area (Å²) in [6.07, 6.45) is 1.50. The van der Waals surface area contributed by atoms with Gasteiger partial charge in [0.15, 0.2) is 5.11 Å². The van der Waals surface area contributed by atoms with Crippen molar-refractivity contribution in [2.45, 2.75) is 13.8 Å². The molecule has 5 nitrogen and oxygen atoms in total. The van der Waals surface area contributed by atoms with Gasteiger partial charge in [-0.25, -0.2) is 4.39 Å². The summed E-state index contributed by atoms with van der Waals surface area (Å²) >= 11 is 17.4. The minimum Gasteiger partial charge on any atom is -0.318 e. The van der Waals surface area contributed by atoms with E-state index < -0.39 is 17.6 Å². The molecule has 1 aromatic heterocycles. The van der Waals surface area contributed by atoms with Crippen molar-refractivity contribution in [3.8, 4) is 5.69 Å². The van der Waals surface area contributed by atoms with E-state index in [1.165, 1.54) is 24.3 Å². The van der Waals surface area contributed by atoms with Gasteiger partial charge >= 0.3 is 0 Å². The van der Waals surface area contributed by atoms with Crippen molar-refractivity contribution >= 4 is 64.1 Å². The minimum atomic E-state index is -0.635. The second kappa shape index (κ2) is 8.50. The molecule has 1 N–H and O–H groups in total. The van der Waals surface area contributed by atoms with Gasteiger partial charge < -0.3 is 4.57 Å². The van der Waals surface area contributed by atoms with Crippen molar-refractivity contribution in [1.82, 2.24) is 9.88 Å². The monoisotopic (exact) mass is 487 g/mol. The first-order valence-corrected chi connectivity index (χ1v) is 10.6. The Hall–Kier alpha value is -3.00. The first kappa shape index (κ1) is 22.2. The number of hydrogen-bond acceptors (Lipinski definition) is 3. The lowest BCUT2D eigenvalue weighted by molar-refractivity contribution is -0.122. The van der Waals surface area contributed by atoms with E-state index in [4.69, 9.17) is 35.4 Å². The van der Waals surface area contributed by atoms with E-state index in [-0.39, 0.29) is 16.4 Å². The zero-order valence-corrected chi connectivity index (χ0v) is 19.3. The maximum Gasteiger partial charge on any atom is 0.270 e. The van der Waals surface area contributed by atoms with E-state index in [2.05, 4.69) is 5.32 Å². The summed E-state index contributed by atoms with van der Waals surface area (Å²) in [6, 6.07) is 12.6. The summed E-state index contributed by atoms with van der Waals surface area (Å²) in [6.45, 7) is 3.76. The third-order valence-corrected chi connectivity index (χ3v) is 6.12. The summed E-state index contributed by atoms with van der Waals surface area (Å²) < 4.78 is 15.6. The smallest absolute Gasteiger partial charge is 0.270 e. The molecule has 9 heteroatoms. The van der Waals surface area contributed by atoms with Crippen LogP contribution in [0, 0.1) is 19.7 Å². The molecule has 0 spiro atoms. The number of rotatable bonds is 3. The fourth-order valence-electron chi connectivity index (χ4n) is 3.62. The van der Waals surface area contributed by atoms with Crippen LogP contribution in [0.4, 0.5) is 10.1 Å². The summed E-state index contributed by atoms with van der Waals surface area (Å²) in [5.41, 5.74) is 3.23. The lowest BCUT2D eigenvalue weighted by Gasteiger charge is -2.28. The molecule has 162 valence electrons. The Morgan fingerprint density at radius 3 is 2.44 bits per heavy atom. The molecule has 1 fully saturated rings. The fraction of sp³-hybridized carbons (Fsp3) is 0.0870. The Bertz CT molecular complexity index is 1330. The Morgan fingerprint density at radius 2 is 1.75 bits per heavy atom. The molecule has 2 amide bonds. The molecular weight excluding hydrogens is 472 g/mol. The van der Waals surface area contributed by atoms with Crippen molar-refractivity contribution in [2.75, 3.05) is 4.90 Å². The zero-order chi connectivity index (χ0) is 23.2. The highest BCUT2D eigenvalue weighted by Gasteiger charge is 2.35. The topological polar surface area (TPSA) is 54.3 Å². The maximum absolute atomic E-state index is 13.7. The summed E-state index contributed by atoms with van der Waals surface area (Å²) in [7, 11) is 0. The van der Waals surface area contributed by atoms with E-state index in [0.717, 1.165) is 22.0 Å². The van der Waals surface area contributed by atoms with Crippen molar-refractivity contribution in [3.05, 3.63) is 86.9 Å². The van der Waals surface area contributed by atoms with Gasteiger partial charge in [0, 0.05) is 17.1 Å². The third-order valence-electron chi connectivity index (χ3n) is 5.10. The van der Waals surface area contributed by atoms with Gasteiger partial charge in [-0.2, -0.15) is 0 Å². The summed E-state index contributed by atoms with van der Waals surface area (Å²) in [5, 5.41) is 3.25. The minimum absolute atomic E-state index is 0.107. The molecule has 2 heterocycles. The Labute approximate surface area is 199 Å². The number of carbonyl (C=O) groups excluding carboxylic acids is 2.